The second-order valence-corrected chi connectivity index (χ2v) is 11.0. The van der Waals surface area contributed by atoms with Gasteiger partial charge in [-0.05, 0) is 78.5 Å². The molecule has 1 N–H and O–H groups in total. The van der Waals surface area contributed by atoms with Crippen LogP contribution in [0.1, 0.15) is 5.56 Å². The van der Waals surface area contributed by atoms with Crippen LogP contribution in [0.2, 0.25) is 0 Å². The third-order valence-corrected chi connectivity index (χ3v) is 8.00. The average molecular weight is 573 g/mol. The van der Waals surface area contributed by atoms with Crippen molar-refractivity contribution in [1.82, 2.24) is 4.90 Å². The molecule has 0 amide bonds. The number of carbonyl (C=O) groups is 1. The van der Waals surface area contributed by atoms with Gasteiger partial charge in [0.05, 0.1) is 14.2 Å². The van der Waals surface area contributed by atoms with Crippen molar-refractivity contribution in [3.8, 4) is 11.5 Å². The van der Waals surface area contributed by atoms with Gasteiger partial charge >= 0.3 is 0 Å². The molecule has 0 bridgehead atoms. The Morgan fingerprint density at radius 3 is 2.10 bits per heavy atom. The Labute approximate surface area is 248 Å². The fourth-order valence-electron chi connectivity index (χ4n) is 4.74. The van der Waals surface area contributed by atoms with E-state index >= 15 is 0 Å². The van der Waals surface area contributed by atoms with Crippen LogP contribution in [0, 0.1) is 0 Å². The number of anilines is 3. The molecule has 7 nitrogen and oxygen atoms in total. The van der Waals surface area contributed by atoms with Gasteiger partial charge in [0.1, 0.15) is 17.8 Å². The first kappa shape index (κ1) is 30.1. The van der Waals surface area contributed by atoms with Gasteiger partial charge in [-0.2, -0.15) is 0 Å². The van der Waals surface area contributed by atoms with Gasteiger partial charge in [-0.1, -0.05) is 24.3 Å². The minimum absolute atomic E-state index is 0.382. The molecular formula is C33H40N4O3S. The van der Waals surface area contributed by atoms with Crippen LogP contribution in [-0.2, 0) is 11.2 Å². The molecule has 0 unspecified atom stereocenters. The van der Waals surface area contributed by atoms with E-state index in [9.17, 15) is 4.79 Å². The molecule has 5 rings (SSSR count). The van der Waals surface area contributed by atoms with E-state index in [1.165, 1.54) is 27.0 Å². The lowest BCUT2D eigenvalue weighted by Gasteiger charge is -2.34. The number of ether oxygens (including phenoxy) is 2. The monoisotopic (exact) mass is 572 g/mol. The van der Waals surface area contributed by atoms with Crippen LogP contribution < -0.4 is 24.0 Å². The molecular weight excluding hydrogens is 532 g/mol. The molecule has 41 heavy (non-hydrogen) atoms. The average Bonchev–Trinajstić information content (AvgIpc) is 3.00. The Balaban J connectivity index is 0.000000251. The van der Waals surface area contributed by atoms with Gasteiger partial charge in [0.2, 0.25) is 0 Å². The summed E-state index contributed by atoms with van der Waals surface area (Å²) >= 11 is 1.68. The Kier molecular flexibility index (Phi) is 10.8. The zero-order valence-electron chi connectivity index (χ0n) is 24.6. The second-order valence-electron chi connectivity index (χ2n) is 10.2. The minimum Gasteiger partial charge on any atom is -0.497 e. The summed E-state index contributed by atoms with van der Waals surface area (Å²) in [5.74, 6) is 1.41. The molecule has 1 heterocycles. The highest BCUT2D eigenvalue weighted by atomic mass is 32.2. The summed E-state index contributed by atoms with van der Waals surface area (Å²) in [4.78, 5) is 18.5. The van der Waals surface area contributed by atoms with Crippen molar-refractivity contribution in [2.75, 3.05) is 76.1 Å². The van der Waals surface area contributed by atoms with E-state index in [1.54, 1.807) is 32.2 Å². The van der Waals surface area contributed by atoms with Gasteiger partial charge in [0, 0.05) is 80.1 Å². The number of aldehydes is 1. The second kappa shape index (κ2) is 14.7. The Hall–Kier alpha value is -3.88. The van der Waals surface area contributed by atoms with Crippen LogP contribution in [0.3, 0.4) is 0 Å². The molecule has 0 aliphatic carbocycles. The summed E-state index contributed by atoms with van der Waals surface area (Å²) in [5.41, 5.74) is 4.58. The van der Waals surface area contributed by atoms with Crippen LogP contribution in [0.4, 0.5) is 17.1 Å². The predicted octanol–water partition coefficient (Wildman–Crippen LogP) is 6.22. The van der Waals surface area contributed by atoms with Gasteiger partial charge in [-0.15, -0.1) is 0 Å². The molecule has 1 fully saturated rings. The number of hydrogen-bond donors (Lipinski definition) is 1. The van der Waals surface area contributed by atoms with E-state index < -0.39 is 0 Å². The van der Waals surface area contributed by atoms with Crippen molar-refractivity contribution in [2.45, 2.75) is 11.3 Å². The van der Waals surface area contributed by atoms with Gasteiger partial charge in [-0.3, -0.25) is 0 Å². The van der Waals surface area contributed by atoms with Crippen LogP contribution in [-0.4, -0.2) is 72.7 Å². The molecule has 0 atom stereocenters. The van der Waals surface area contributed by atoms with Gasteiger partial charge in [-0.25, -0.2) is 0 Å². The van der Waals surface area contributed by atoms with Crippen LogP contribution in [0.25, 0.3) is 10.8 Å². The van der Waals surface area contributed by atoms with Crippen molar-refractivity contribution in [3.63, 3.8) is 0 Å². The summed E-state index contributed by atoms with van der Waals surface area (Å²) in [6.07, 6.45) is 1.24. The predicted molar refractivity (Wildman–Crippen MR) is 173 cm³/mol. The number of likely N-dealkylation sites (N-methyl/N-ethyl adjacent to an activating group) is 1. The van der Waals surface area contributed by atoms with Crippen molar-refractivity contribution in [1.29, 1.82) is 0 Å². The number of benzene rings is 4. The summed E-state index contributed by atoms with van der Waals surface area (Å²) < 4.78 is 13.6. The minimum atomic E-state index is 0.382. The van der Waals surface area contributed by atoms with Gasteiger partial charge in [0.25, 0.3) is 0 Å². The number of fused-ring (bicyclic) bond motifs is 1. The molecule has 0 aromatic heterocycles. The summed E-state index contributed by atoms with van der Waals surface area (Å²) in [6, 6.07) is 27.2. The standard InChI is InChI=1S/C23H28N4S.C10H12O3/c1-25(2)22-8-4-7-21-20(22)6-5-9-23(21)28-24-18-10-12-19(13-11-18)27-16-14-26(3)15-17-27;1-12-9-5-8(3-4-11)6-10(7-9)13-2/h4-13,24H,14-17H2,1-3H3;4-7H,3H2,1-2H3. The number of piperazine rings is 1. The lowest BCUT2D eigenvalue weighted by molar-refractivity contribution is -0.107. The largest absolute Gasteiger partial charge is 0.497 e. The lowest BCUT2D eigenvalue weighted by atomic mass is 10.1. The maximum absolute atomic E-state index is 10.3. The maximum atomic E-state index is 10.3. The molecule has 1 saturated heterocycles. The van der Waals surface area contributed by atoms with Crippen LogP contribution in [0.5, 0.6) is 11.5 Å². The molecule has 4 aromatic carbocycles. The Morgan fingerprint density at radius 2 is 1.49 bits per heavy atom. The summed E-state index contributed by atoms with van der Waals surface area (Å²) in [6.45, 7) is 4.46. The lowest BCUT2D eigenvalue weighted by Crippen LogP contribution is -2.44. The molecule has 0 radical (unpaired) electrons. The van der Waals surface area contributed by atoms with Crippen molar-refractivity contribution < 1.29 is 14.3 Å². The maximum Gasteiger partial charge on any atom is 0.124 e. The van der Waals surface area contributed by atoms with E-state index in [-0.39, 0.29) is 0 Å². The molecule has 0 spiro atoms. The SMILES string of the molecule is CN1CCN(c2ccc(NSc3cccc4c(N(C)C)cccc34)cc2)CC1.COc1cc(CC=O)cc(OC)c1. The van der Waals surface area contributed by atoms with E-state index in [1.807, 2.05) is 12.1 Å². The normalized spacial score (nSPS) is 13.2. The first-order chi connectivity index (χ1) is 19.9. The van der Waals surface area contributed by atoms with E-state index in [4.69, 9.17) is 9.47 Å². The van der Waals surface area contributed by atoms with Crippen LogP contribution >= 0.6 is 11.9 Å². The molecule has 4 aromatic rings. The number of carbonyl (C=O) groups excluding carboxylic acids is 1. The topological polar surface area (TPSA) is 57.3 Å². The molecule has 8 heteroatoms. The first-order valence-electron chi connectivity index (χ1n) is 13.7. The summed E-state index contributed by atoms with van der Waals surface area (Å²) in [5, 5.41) is 2.56. The highest BCUT2D eigenvalue weighted by Crippen LogP contribution is 2.33. The van der Waals surface area contributed by atoms with Crippen molar-refractivity contribution in [3.05, 3.63) is 84.4 Å². The van der Waals surface area contributed by atoms with Crippen molar-refractivity contribution >= 4 is 46.1 Å². The summed E-state index contributed by atoms with van der Waals surface area (Å²) in [7, 11) is 9.54. The Bertz CT molecular complexity index is 1400. The number of hydrogen-bond acceptors (Lipinski definition) is 8. The zero-order valence-corrected chi connectivity index (χ0v) is 25.4. The van der Waals surface area contributed by atoms with Crippen LogP contribution in [0.15, 0.2) is 83.8 Å². The first-order valence-corrected chi connectivity index (χ1v) is 14.5. The van der Waals surface area contributed by atoms with Crippen molar-refractivity contribution in [2.24, 2.45) is 0 Å². The van der Waals surface area contributed by atoms with E-state index in [0.717, 1.165) is 43.7 Å². The smallest absolute Gasteiger partial charge is 0.124 e. The number of nitrogens with one attached hydrogen (secondary N) is 1. The third kappa shape index (κ3) is 8.08. The molecule has 1 aliphatic rings. The highest BCUT2D eigenvalue weighted by Gasteiger charge is 2.14. The van der Waals surface area contributed by atoms with Gasteiger partial charge < -0.3 is 33.7 Å². The van der Waals surface area contributed by atoms with E-state index in [2.05, 4.69) is 101 Å². The highest BCUT2D eigenvalue weighted by molar-refractivity contribution is 8.00. The third-order valence-electron chi connectivity index (χ3n) is 7.09. The fourth-order valence-corrected chi connectivity index (χ4v) is 5.54. The molecule has 1 aliphatic heterocycles. The molecule has 216 valence electrons. The zero-order chi connectivity index (χ0) is 29.2. The number of nitrogens with zero attached hydrogens (tertiary/aromatic N) is 3. The fraction of sp³-hybridized carbons (Fsp3) is 0.303. The Morgan fingerprint density at radius 1 is 0.854 bits per heavy atom. The molecule has 0 saturated carbocycles. The van der Waals surface area contributed by atoms with E-state index in [0.29, 0.717) is 17.9 Å². The number of methoxy groups -OCH3 is 2. The van der Waals surface area contributed by atoms with Gasteiger partial charge in [0.15, 0.2) is 0 Å². The quantitative estimate of drug-likeness (QED) is 0.187. The number of rotatable bonds is 9.